The summed E-state index contributed by atoms with van der Waals surface area (Å²) in [7, 11) is 0. The van der Waals surface area contributed by atoms with Crippen LogP contribution in [0.5, 0.6) is 0 Å². The number of aliphatic hydroxyl groups is 5. The van der Waals surface area contributed by atoms with E-state index in [0.717, 1.165) is 0 Å². The van der Waals surface area contributed by atoms with Crippen LogP contribution >= 0.6 is 0 Å². The van der Waals surface area contributed by atoms with Crippen LogP contribution in [0.25, 0.3) is 0 Å². The van der Waals surface area contributed by atoms with Gasteiger partial charge in [-0.15, -0.1) is 0 Å². The predicted octanol–water partition coefficient (Wildman–Crippen LogP) is -6.67. The van der Waals surface area contributed by atoms with E-state index < -0.39 is 197 Å². The van der Waals surface area contributed by atoms with E-state index >= 15 is 0 Å². The van der Waals surface area contributed by atoms with Crippen molar-refractivity contribution < 1.29 is 125 Å². The highest BCUT2D eigenvalue weighted by molar-refractivity contribution is 5.68. The Morgan fingerprint density at radius 2 is 0.578 bits per heavy atom. The van der Waals surface area contributed by atoms with Crippen molar-refractivity contribution in [1.29, 1.82) is 0 Å². The number of aliphatic carboxylic acids is 1. The predicted molar refractivity (Wildman–Crippen MR) is 187 cm³/mol. The van der Waals surface area contributed by atoms with Crippen LogP contribution in [0.1, 0.15) is 0 Å². The fraction of sp³-hybridized carbons (Fsp3) is 0.974. The van der Waals surface area contributed by atoms with Crippen molar-refractivity contribution in [2.75, 3.05) is 46.2 Å². The SMILES string of the molecule is O=C(O)CO[C@H]1[C@H]2O[C@H]3[C@@H]4OC[C@H]3O[C@H](O[C@H]3[C@@H]5OC[C@H]3O[C@H](O[C@H]3[C@@H]6OC[C@H]3O[C@H](O[C@H]3[C@@H]7OC[C@H]3O[C@H](O[C@H]3[C@@H]8OC[C@H]3O[C@H](O[C@H]3[C@@H]1OC[C@H]3O2)[C@@H]8O)[C@@H]7O)[C@@H]6O)[C@@H]5O)[C@@H]4O. The third-order valence-electron chi connectivity index (χ3n) is 14.5. The Hall–Kier alpha value is -1.49. The molecule has 30 rings (SSSR count). The molecule has 0 aromatic carbocycles. The molecule has 30 saturated heterocycles. The van der Waals surface area contributed by atoms with E-state index in [-0.39, 0.29) is 39.6 Å². The number of aliphatic hydroxyl groups excluding tert-OH is 5. The van der Waals surface area contributed by atoms with Gasteiger partial charge < -0.3 is 121 Å². The van der Waals surface area contributed by atoms with Gasteiger partial charge in [0.2, 0.25) is 0 Å². The van der Waals surface area contributed by atoms with Crippen molar-refractivity contribution in [1.82, 2.24) is 0 Å². The van der Waals surface area contributed by atoms with Crippen LogP contribution in [0.15, 0.2) is 0 Å². The van der Waals surface area contributed by atoms with Crippen LogP contribution in [-0.4, -0.2) is 267 Å². The Balaban J connectivity index is 0.778. The van der Waals surface area contributed by atoms with E-state index in [0.29, 0.717) is 0 Å². The molecule has 6 N–H and O–H groups in total. The van der Waals surface area contributed by atoms with Gasteiger partial charge >= 0.3 is 5.97 Å². The van der Waals surface area contributed by atoms with Crippen LogP contribution < -0.4 is 0 Å². The zero-order valence-electron chi connectivity index (χ0n) is 33.6. The third kappa shape index (κ3) is 6.80. The van der Waals surface area contributed by atoms with E-state index in [2.05, 4.69) is 0 Å². The summed E-state index contributed by atoms with van der Waals surface area (Å²) in [5, 5.41) is 67.3. The van der Waals surface area contributed by atoms with Crippen LogP contribution in [0, 0.1) is 0 Å². The van der Waals surface area contributed by atoms with E-state index in [4.69, 9.17) is 90.0 Å². The highest BCUT2D eigenvalue weighted by Crippen LogP contribution is 2.45. The quantitative estimate of drug-likeness (QED) is 0.153. The van der Waals surface area contributed by atoms with Gasteiger partial charge in [0.1, 0.15) is 153 Å². The lowest BCUT2D eigenvalue weighted by Crippen LogP contribution is -2.65. The second-order valence-corrected chi connectivity index (χ2v) is 18.3. The van der Waals surface area contributed by atoms with Crippen LogP contribution in [-0.2, 0) is 94.8 Å². The summed E-state index contributed by atoms with van der Waals surface area (Å²) in [6.07, 6.45) is -31.9. The summed E-state index contributed by atoms with van der Waals surface area (Å²) in [6.45, 7) is -0.680. The molecule has 30 fully saturated rings. The molecule has 358 valence electrons. The fourth-order valence-electron chi connectivity index (χ4n) is 11.5. The minimum absolute atomic E-state index is 0.00313. The number of ether oxygens (including phenoxy) is 19. The zero-order valence-corrected chi connectivity index (χ0v) is 33.6. The topological polar surface area (TPSA) is 314 Å². The summed E-state index contributed by atoms with van der Waals surface area (Å²) in [5.74, 6) is -1.27. The van der Waals surface area contributed by atoms with E-state index in [1.807, 2.05) is 0 Å². The van der Waals surface area contributed by atoms with Crippen LogP contribution in [0.4, 0.5) is 0 Å². The average molecular weight is 923 g/mol. The van der Waals surface area contributed by atoms with Crippen molar-refractivity contribution in [2.45, 2.75) is 184 Å². The fourth-order valence-corrected chi connectivity index (χ4v) is 11.5. The Morgan fingerprint density at radius 1 is 0.344 bits per heavy atom. The molecule has 0 aromatic rings. The molecule has 24 bridgehead atoms. The standard InChI is InChI=1S/C38H50O26/c39-14(40)7-52-32-31-25-13(6-51-31)58-38(32)64-24-12-5-50-30(24)19(45)36(57-12)62-22-10-3-48-28(22)17(43)34(55-10)60-20-8-1-46-26(20)15(41)33(53-8)59-21-9-2-47-27(21)16(42)35(54-9)61-23-11-4-49-29(23)18(44)37(56-11)63-25/h8-13,15-38,41-45H,1-7H2,(H,39,40)/t8-,9-,10-,11-,12-,13-,15-,16-,17-,18-,19-,20-,21-,22-,23-,24-,25-,26-,27-,28-,29-,30-,31+,32-,33-,34-,35-,36-,37-,38-/m1/s1. The van der Waals surface area contributed by atoms with Gasteiger partial charge in [0.25, 0.3) is 0 Å². The Bertz CT molecular complexity index is 1750. The molecule has 0 spiro atoms. The molecular weight excluding hydrogens is 872 g/mol. The monoisotopic (exact) mass is 922 g/mol. The van der Waals surface area contributed by atoms with Crippen molar-refractivity contribution >= 4 is 5.97 Å². The van der Waals surface area contributed by atoms with Crippen molar-refractivity contribution in [2.24, 2.45) is 0 Å². The van der Waals surface area contributed by atoms with Crippen LogP contribution in [0.3, 0.4) is 0 Å². The van der Waals surface area contributed by atoms with Crippen molar-refractivity contribution in [3.8, 4) is 0 Å². The normalized spacial score (nSPS) is 60.6. The highest BCUT2D eigenvalue weighted by Gasteiger charge is 2.64. The highest BCUT2D eigenvalue weighted by atomic mass is 16.8. The molecule has 0 amide bonds. The second kappa shape index (κ2) is 16.3. The largest absolute Gasteiger partial charge is 0.480 e. The molecular formula is C38H50O26. The summed E-state index contributed by atoms with van der Waals surface area (Å²) >= 11 is 0. The molecule has 26 heteroatoms. The van der Waals surface area contributed by atoms with Gasteiger partial charge in [-0.3, -0.25) is 0 Å². The van der Waals surface area contributed by atoms with Crippen molar-refractivity contribution in [3.63, 3.8) is 0 Å². The second-order valence-electron chi connectivity index (χ2n) is 18.3. The molecule has 0 aliphatic carbocycles. The number of carboxylic acids is 1. The molecule has 30 aliphatic heterocycles. The molecule has 30 heterocycles. The van der Waals surface area contributed by atoms with Gasteiger partial charge in [-0.05, 0) is 0 Å². The molecule has 0 radical (unpaired) electrons. The van der Waals surface area contributed by atoms with Gasteiger partial charge in [0, 0.05) is 0 Å². The first-order valence-electron chi connectivity index (χ1n) is 21.8. The zero-order chi connectivity index (χ0) is 43.3. The molecule has 0 aromatic heterocycles. The Labute approximate surface area is 361 Å². The number of carboxylic acid groups (broad SMARTS) is 1. The molecule has 30 aliphatic rings. The lowest BCUT2D eigenvalue weighted by molar-refractivity contribution is -0.368. The summed E-state index contributed by atoms with van der Waals surface area (Å²) in [5.41, 5.74) is 0. The Morgan fingerprint density at radius 3 is 0.859 bits per heavy atom. The summed E-state index contributed by atoms with van der Waals surface area (Å²) < 4.78 is 116. The number of hydrogen-bond donors (Lipinski definition) is 6. The minimum atomic E-state index is -1.42. The number of hydrogen-bond acceptors (Lipinski definition) is 25. The van der Waals surface area contributed by atoms with Gasteiger partial charge in [-0.1, -0.05) is 0 Å². The lowest BCUT2D eigenvalue weighted by Gasteiger charge is -2.47. The van der Waals surface area contributed by atoms with Gasteiger partial charge in [-0.2, -0.15) is 0 Å². The molecule has 26 nitrogen and oxygen atoms in total. The van der Waals surface area contributed by atoms with E-state index in [1.165, 1.54) is 0 Å². The van der Waals surface area contributed by atoms with Crippen LogP contribution in [0.2, 0.25) is 0 Å². The van der Waals surface area contributed by atoms with Crippen molar-refractivity contribution in [3.05, 3.63) is 0 Å². The smallest absolute Gasteiger partial charge is 0.329 e. The molecule has 0 unspecified atom stereocenters. The maximum Gasteiger partial charge on any atom is 0.329 e. The maximum absolute atomic E-state index is 11.8. The van der Waals surface area contributed by atoms with Gasteiger partial charge in [0.05, 0.1) is 39.6 Å². The number of rotatable bonds is 3. The Kier molecular flexibility index (Phi) is 10.9. The first kappa shape index (κ1) is 42.6. The minimum Gasteiger partial charge on any atom is -0.480 e. The molecule has 64 heavy (non-hydrogen) atoms. The third-order valence-corrected chi connectivity index (χ3v) is 14.5. The van der Waals surface area contributed by atoms with E-state index in [9.17, 15) is 35.4 Å². The first-order chi connectivity index (χ1) is 31.1. The lowest BCUT2D eigenvalue weighted by atomic mass is 9.97. The first-order valence-corrected chi connectivity index (χ1v) is 21.8. The molecule has 0 saturated carbocycles. The number of carbonyl (C=O) groups is 1. The molecule has 30 atom stereocenters. The van der Waals surface area contributed by atoms with Gasteiger partial charge in [-0.25, -0.2) is 4.79 Å². The van der Waals surface area contributed by atoms with Gasteiger partial charge in [0.15, 0.2) is 37.7 Å². The average Bonchev–Trinajstić information content (AvgIpc) is 4.08. The van der Waals surface area contributed by atoms with E-state index in [1.54, 1.807) is 0 Å². The summed E-state index contributed by atoms with van der Waals surface area (Å²) in [6, 6.07) is 0. The maximum atomic E-state index is 11.8. The summed E-state index contributed by atoms with van der Waals surface area (Å²) in [4.78, 5) is 11.8.